The fourth-order valence-corrected chi connectivity index (χ4v) is 3.17. The maximum Gasteiger partial charge on any atom is 0.325 e. The highest BCUT2D eigenvalue weighted by Gasteiger charge is 2.29. The van der Waals surface area contributed by atoms with Gasteiger partial charge in [0.15, 0.2) is 0 Å². The summed E-state index contributed by atoms with van der Waals surface area (Å²) in [6.45, 7) is 5.61. The predicted octanol–water partition coefficient (Wildman–Crippen LogP) is 2.09. The second-order valence-electron chi connectivity index (χ2n) is 4.73. The number of hydrogen-bond donors (Lipinski definition) is 0. The largest absolute Gasteiger partial charge is 0.337 e. The standard InChI is InChI=1S/C12H23N4O3P.CH4/c1-5-15-9-7-13(3)11(15)18-20(17)19-12-14(4)8-10-16(12)6-2;/h7-12,20H,5-6H2,1-4H3;1H4. The number of nitrogens with zero attached hydrogens (tertiary/aromatic N) is 4. The van der Waals surface area contributed by atoms with Crippen molar-refractivity contribution in [3.05, 3.63) is 24.8 Å². The molecule has 2 aliphatic heterocycles. The molecule has 0 amide bonds. The Morgan fingerprint density at radius 2 is 1.29 bits per heavy atom. The maximum atomic E-state index is 12.1. The van der Waals surface area contributed by atoms with Crippen molar-refractivity contribution in [2.24, 2.45) is 0 Å². The molecule has 0 bridgehead atoms. The summed E-state index contributed by atoms with van der Waals surface area (Å²) in [7, 11) is 1.16. The van der Waals surface area contributed by atoms with E-state index in [1.165, 1.54) is 0 Å². The lowest BCUT2D eigenvalue weighted by Gasteiger charge is -2.31. The average Bonchev–Trinajstić information content (AvgIpc) is 2.95. The summed E-state index contributed by atoms with van der Waals surface area (Å²) in [5.41, 5.74) is 0. The molecule has 0 N–H and O–H groups in total. The Bertz CT molecular complexity index is 382. The van der Waals surface area contributed by atoms with Gasteiger partial charge in [-0.05, 0) is 13.8 Å². The molecule has 2 aliphatic rings. The normalized spacial score (nSPS) is 25.7. The lowest BCUT2D eigenvalue weighted by Crippen LogP contribution is -2.39. The summed E-state index contributed by atoms with van der Waals surface area (Å²) in [5.74, 6) is 0. The zero-order valence-corrected chi connectivity index (χ0v) is 13.4. The van der Waals surface area contributed by atoms with Crippen molar-refractivity contribution in [3.63, 3.8) is 0 Å². The summed E-state index contributed by atoms with van der Waals surface area (Å²) in [5, 5.41) is 0. The van der Waals surface area contributed by atoms with Gasteiger partial charge in [0.1, 0.15) is 0 Å². The van der Waals surface area contributed by atoms with E-state index in [2.05, 4.69) is 0 Å². The molecule has 0 spiro atoms. The minimum atomic E-state index is -2.60. The first kappa shape index (κ1) is 17.9. The molecular formula is C13H27N4O3P. The van der Waals surface area contributed by atoms with Gasteiger partial charge in [-0.25, -0.2) is 0 Å². The molecule has 2 rings (SSSR count). The van der Waals surface area contributed by atoms with Crippen LogP contribution in [0.4, 0.5) is 0 Å². The Hall–Kier alpha value is -1.17. The zero-order valence-electron chi connectivity index (χ0n) is 12.4. The molecule has 8 heteroatoms. The van der Waals surface area contributed by atoms with Crippen LogP contribution < -0.4 is 0 Å². The van der Waals surface area contributed by atoms with Gasteiger partial charge in [-0.1, -0.05) is 7.43 Å². The van der Waals surface area contributed by atoms with Crippen LogP contribution in [0, 0.1) is 0 Å². The lowest BCUT2D eigenvalue weighted by atomic mass is 10.6. The minimum Gasteiger partial charge on any atom is -0.337 e. The van der Waals surface area contributed by atoms with Crippen LogP contribution in [-0.4, -0.2) is 59.5 Å². The highest BCUT2D eigenvalue weighted by Crippen LogP contribution is 2.34. The van der Waals surface area contributed by atoms with Crippen molar-refractivity contribution in [1.29, 1.82) is 0 Å². The minimum absolute atomic E-state index is 0. The SMILES string of the molecule is C.CCN1C=CN(C)C1O[PH](=O)OC1N(C)C=CN1CC. The second-order valence-corrected chi connectivity index (χ2v) is 5.70. The van der Waals surface area contributed by atoms with E-state index < -0.39 is 8.25 Å². The van der Waals surface area contributed by atoms with Gasteiger partial charge in [-0.15, -0.1) is 0 Å². The Balaban J connectivity index is 0.00000220. The van der Waals surface area contributed by atoms with Crippen LogP contribution in [-0.2, 0) is 13.6 Å². The van der Waals surface area contributed by atoms with Gasteiger partial charge in [0.25, 0.3) is 0 Å². The first-order valence-electron chi connectivity index (χ1n) is 6.76. The van der Waals surface area contributed by atoms with Gasteiger partial charge >= 0.3 is 8.25 Å². The van der Waals surface area contributed by atoms with Gasteiger partial charge in [-0.2, -0.15) is 0 Å². The van der Waals surface area contributed by atoms with E-state index in [0.29, 0.717) is 0 Å². The van der Waals surface area contributed by atoms with Gasteiger partial charge in [-0.3, -0.25) is 13.6 Å². The predicted molar refractivity (Wildman–Crippen MR) is 84.0 cm³/mol. The molecule has 0 saturated carbocycles. The molecule has 0 aromatic rings. The van der Waals surface area contributed by atoms with Crippen molar-refractivity contribution in [2.75, 3.05) is 27.2 Å². The molecule has 0 radical (unpaired) electrons. The van der Waals surface area contributed by atoms with Crippen LogP contribution in [0.3, 0.4) is 0 Å². The second kappa shape index (κ2) is 7.73. The van der Waals surface area contributed by atoms with Crippen LogP contribution >= 0.6 is 8.25 Å². The summed E-state index contributed by atoms with van der Waals surface area (Å²) in [6.07, 6.45) is 6.90. The van der Waals surface area contributed by atoms with Crippen LogP contribution in [0.2, 0.25) is 0 Å². The molecule has 0 aromatic heterocycles. The Labute approximate surface area is 128 Å². The Kier molecular flexibility index (Phi) is 6.58. The van der Waals surface area contributed by atoms with E-state index in [-0.39, 0.29) is 20.1 Å². The molecular weight excluding hydrogens is 291 g/mol. The zero-order chi connectivity index (χ0) is 14.7. The summed E-state index contributed by atoms with van der Waals surface area (Å²) in [4.78, 5) is 7.65. The summed E-state index contributed by atoms with van der Waals surface area (Å²) in [6, 6.07) is 0. The molecule has 122 valence electrons. The molecule has 2 unspecified atom stereocenters. The molecule has 0 aliphatic carbocycles. The molecule has 0 fully saturated rings. The van der Waals surface area contributed by atoms with Gasteiger partial charge < -0.3 is 19.6 Å². The van der Waals surface area contributed by atoms with Crippen molar-refractivity contribution in [2.45, 2.75) is 34.0 Å². The van der Waals surface area contributed by atoms with E-state index in [9.17, 15) is 4.57 Å². The lowest BCUT2D eigenvalue weighted by molar-refractivity contribution is -0.0533. The molecule has 21 heavy (non-hydrogen) atoms. The van der Waals surface area contributed by atoms with Crippen molar-refractivity contribution >= 4 is 8.25 Å². The third kappa shape index (κ3) is 3.93. The van der Waals surface area contributed by atoms with E-state index in [0.717, 1.165) is 13.1 Å². The van der Waals surface area contributed by atoms with Gasteiger partial charge in [0.2, 0.25) is 12.7 Å². The molecule has 0 aromatic carbocycles. The van der Waals surface area contributed by atoms with E-state index >= 15 is 0 Å². The fourth-order valence-electron chi connectivity index (χ4n) is 2.17. The maximum absolute atomic E-state index is 12.1. The van der Waals surface area contributed by atoms with Crippen LogP contribution in [0.25, 0.3) is 0 Å². The average molecular weight is 318 g/mol. The van der Waals surface area contributed by atoms with Crippen molar-refractivity contribution < 1.29 is 13.6 Å². The first-order chi connectivity index (χ1) is 9.56. The fraction of sp³-hybridized carbons (Fsp3) is 0.692. The van der Waals surface area contributed by atoms with Gasteiger partial charge in [0, 0.05) is 52.0 Å². The molecule has 7 nitrogen and oxygen atoms in total. The molecule has 0 saturated heterocycles. The van der Waals surface area contributed by atoms with Crippen LogP contribution in [0.15, 0.2) is 24.8 Å². The third-order valence-corrected chi connectivity index (χ3v) is 4.19. The van der Waals surface area contributed by atoms with E-state index in [1.807, 2.05) is 72.3 Å². The Morgan fingerprint density at radius 1 is 0.905 bits per heavy atom. The topological polar surface area (TPSA) is 48.5 Å². The molecule has 2 heterocycles. The highest BCUT2D eigenvalue weighted by atomic mass is 31.1. The summed E-state index contributed by atoms with van der Waals surface area (Å²) < 4.78 is 23.3. The Morgan fingerprint density at radius 3 is 1.62 bits per heavy atom. The van der Waals surface area contributed by atoms with Crippen LogP contribution in [0.5, 0.6) is 0 Å². The number of rotatable bonds is 6. The van der Waals surface area contributed by atoms with E-state index in [1.54, 1.807) is 0 Å². The first-order valence-corrected chi connectivity index (χ1v) is 7.98. The highest BCUT2D eigenvalue weighted by molar-refractivity contribution is 7.33. The monoisotopic (exact) mass is 318 g/mol. The smallest absolute Gasteiger partial charge is 0.325 e. The quantitative estimate of drug-likeness (QED) is 0.695. The van der Waals surface area contributed by atoms with E-state index in [4.69, 9.17) is 9.05 Å². The van der Waals surface area contributed by atoms with Crippen molar-refractivity contribution in [3.8, 4) is 0 Å². The van der Waals surface area contributed by atoms with Gasteiger partial charge in [0.05, 0.1) is 0 Å². The third-order valence-electron chi connectivity index (χ3n) is 3.38. The number of hydrogen-bond acceptors (Lipinski definition) is 7. The summed E-state index contributed by atoms with van der Waals surface area (Å²) >= 11 is 0. The van der Waals surface area contributed by atoms with Crippen molar-refractivity contribution in [1.82, 2.24) is 19.6 Å². The molecule has 2 atom stereocenters. The van der Waals surface area contributed by atoms with Crippen LogP contribution in [0.1, 0.15) is 21.3 Å².